The molecule has 1 aliphatic heterocycles. The molecule has 2 heterocycles. The largest absolute Gasteiger partial charge is 0.497 e. The first-order valence-electron chi connectivity index (χ1n) is 12.6. The molecular formula is C29H33N3O5S. The fourth-order valence-electron chi connectivity index (χ4n) is 4.65. The van der Waals surface area contributed by atoms with Crippen LogP contribution in [0.2, 0.25) is 0 Å². The molecule has 1 aromatic heterocycles. The van der Waals surface area contributed by atoms with Gasteiger partial charge in [0.25, 0.3) is 5.56 Å². The summed E-state index contributed by atoms with van der Waals surface area (Å²) in [6.07, 6.45) is 1.86. The van der Waals surface area contributed by atoms with Crippen molar-refractivity contribution < 1.29 is 19.0 Å². The lowest BCUT2D eigenvalue weighted by molar-refractivity contribution is -0.139. The van der Waals surface area contributed by atoms with Crippen molar-refractivity contribution in [2.24, 2.45) is 4.99 Å². The number of ether oxygens (including phenoxy) is 3. The number of thiazole rings is 1. The second-order valence-electron chi connectivity index (χ2n) is 8.67. The van der Waals surface area contributed by atoms with Crippen LogP contribution in [0.1, 0.15) is 44.9 Å². The Morgan fingerprint density at radius 2 is 1.79 bits per heavy atom. The van der Waals surface area contributed by atoms with E-state index in [9.17, 15) is 9.59 Å². The fourth-order valence-corrected chi connectivity index (χ4v) is 5.70. The summed E-state index contributed by atoms with van der Waals surface area (Å²) in [5.74, 6) is 0.579. The monoisotopic (exact) mass is 535 g/mol. The Kier molecular flexibility index (Phi) is 8.36. The number of anilines is 1. The molecule has 38 heavy (non-hydrogen) atoms. The summed E-state index contributed by atoms with van der Waals surface area (Å²) in [7, 11) is 3.12. The van der Waals surface area contributed by atoms with E-state index in [1.54, 1.807) is 44.8 Å². The maximum atomic E-state index is 13.9. The zero-order valence-corrected chi connectivity index (χ0v) is 23.4. The molecule has 0 fully saturated rings. The van der Waals surface area contributed by atoms with Crippen molar-refractivity contribution in [2.75, 3.05) is 38.8 Å². The molecule has 0 spiro atoms. The third-order valence-corrected chi connectivity index (χ3v) is 7.55. The molecule has 1 atom stereocenters. The van der Waals surface area contributed by atoms with Crippen molar-refractivity contribution in [3.05, 3.63) is 84.5 Å². The number of carbonyl (C=O) groups excluding carboxylic acids is 1. The summed E-state index contributed by atoms with van der Waals surface area (Å²) in [6.45, 7) is 9.81. The Hall–Kier alpha value is -3.85. The third-order valence-electron chi connectivity index (χ3n) is 6.57. The second kappa shape index (κ2) is 11.7. The molecule has 0 amide bonds. The number of carbonyl (C=O) groups is 1. The molecule has 0 unspecified atom stereocenters. The van der Waals surface area contributed by atoms with Gasteiger partial charge in [-0.25, -0.2) is 9.79 Å². The van der Waals surface area contributed by atoms with E-state index in [4.69, 9.17) is 14.2 Å². The first kappa shape index (κ1) is 27.2. The van der Waals surface area contributed by atoms with Gasteiger partial charge in [0.1, 0.15) is 17.5 Å². The summed E-state index contributed by atoms with van der Waals surface area (Å²) < 4.78 is 18.5. The van der Waals surface area contributed by atoms with Gasteiger partial charge in [-0.2, -0.15) is 0 Å². The van der Waals surface area contributed by atoms with E-state index in [0.717, 1.165) is 24.3 Å². The molecule has 4 rings (SSSR count). The predicted molar refractivity (Wildman–Crippen MR) is 150 cm³/mol. The van der Waals surface area contributed by atoms with Crippen LogP contribution < -0.4 is 29.3 Å². The average Bonchev–Trinajstić information content (AvgIpc) is 3.23. The molecule has 0 saturated heterocycles. The number of methoxy groups -OCH3 is 2. The normalized spacial score (nSPS) is 15.1. The van der Waals surface area contributed by atoms with E-state index in [-0.39, 0.29) is 12.2 Å². The van der Waals surface area contributed by atoms with Gasteiger partial charge >= 0.3 is 5.97 Å². The van der Waals surface area contributed by atoms with Crippen molar-refractivity contribution in [3.63, 3.8) is 0 Å². The molecule has 0 radical (unpaired) electrons. The van der Waals surface area contributed by atoms with Gasteiger partial charge in [0.15, 0.2) is 4.80 Å². The van der Waals surface area contributed by atoms with Crippen LogP contribution >= 0.6 is 11.3 Å². The van der Waals surface area contributed by atoms with Crippen LogP contribution in [0.5, 0.6) is 11.5 Å². The van der Waals surface area contributed by atoms with E-state index < -0.39 is 12.0 Å². The van der Waals surface area contributed by atoms with Crippen LogP contribution in [0.3, 0.4) is 0 Å². The van der Waals surface area contributed by atoms with Gasteiger partial charge in [0.05, 0.1) is 36.6 Å². The standard InChI is InChI=1S/C29H33N3O5S/c1-7-31(8-2)20-12-10-19(11-13-20)16-24-27(33)32-26(22-15-14-21(35-5)17-23(22)36-6)25(28(34)37-9-3)18(4)30-29(32)38-24/h10-17,26H,7-9H2,1-6H3/b24-16-/t26-/m0/s1. The number of hydrogen-bond donors (Lipinski definition) is 0. The molecule has 0 bridgehead atoms. The number of hydrogen-bond acceptors (Lipinski definition) is 8. The summed E-state index contributed by atoms with van der Waals surface area (Å²) in [6, 6.07) is 12.7. The smallest absolute Gasteiger partial charge is 0.338 e. The van der Waals surface area contributed by atoms with Gasteiger partial charge in [-0.1, -0.05) is 23.5 Å². The van der Waals surface area contributed by atoms with Crippen LogP contribution in [-0.4, -0.2) is 44.5 Å². The Balaban J connectivity index is 1.90. The number of esters is 1. The van der Waals surface area contributed by atoms with Crippen LogP contribution in [-0.2, 0) is 9.53 Å². The highest BCUT2D eigenvalue weighted by Crippen LogP contribution is 2.37. The molecule has 0 aliphatic carbocycles. The van der Waals surface area contributed by atoms with Crippen molar-refractivity contribution in [1.82, 2.24) is 4.57 Å². The molecule has 200 valence electrons. The number of allylic oxidation sites excluding steroid dienone is 1. The molecule has 9 heteroatoms. The maximum Gasteiger partial charge on any atom is 0.338 e. The zero-order chi connectivity index (χ0) is 27.4. The van der Waals surface area contributed by atoms with Crippen molar-refractivity contribution in [3.8, 4) is 11.5 Å². The second-order valence-corrected chi connectivity index (χ2v) is 9.68. The Labute approximate surface area is 226 Å². The van der Waals surface area contributed by atoms with Gasteiger partial charge in [0, 0.05) is 30.4 Å². The lowest BCUT2D eigenvalue weighted by Crippen LogP contribution is -2.40. The van der Waals surface area contributed by atoms with Gasteiger partial charge in [-0.3, -0.25) is 9.36 Å². The van der Waals surface area contributed by atoms with Crippen LogP contribution in [0.4, 0.5) is 5.69 Å². The highest BCUT2D eigenvalue weighted by Gasteiger charge is 2.35. The predicted octanol–water partition coefficient (Wildman–Crippen LogP) is 3.66. The van der Waals surface area contributed by atoms with Crippen LogP contribution in [0.25, 0.3) is 6.08 Å². The fraction of sp³-hybridized carbons (Fsp3) is 0.345. The topological polar surface area (TPSA) is 82.4 Å². The Bertz CT molecular complexity index is 1530. The lowest BCUT2D eigenvalue weighted by Gasteiger charge is -2.26. The number of aromatic nitrogens is 1. The maximum absolute atomic E-state index is 13.9. The van der Waals surface area contributed by atoms with Crippen molar-refractivity contribution >= 4 is 29.1 Å². The highest BCUT2D eigenvalue weighted by molar-refractivity contribution is 7.07. The summed E-state index contributed by atoms with van der Waals surface area (Å²) in [5, 5.41) is 0. The van der Waals surface area contributed by atoms with E-state index in [0.29, 0.717) is 37.7 Å². The minimum absolute atomic E-state index is 0.204. The third kappa shape index (κ3) is 5.11. The molecule has 0 N–H and O–H groups in total. The molecule has 1 aliphatic rings. The van der Waals surface area contributed by atoms with Gasteiger partial charge in [-0.05, 0) is 63.6 Å². The van der Waals surface area contributed by atoms with E-state index in [2.05, 4.69) is 35.9 Å². The zero-order valence-electron chi connectivity index (χ0n) is 22.6. The number of fused-ring (bicyclic) bond motifs is 1. The number of rotatable bonds is 9. The van der Waals surface area contributed by atoms with Crippen LogP contribution in [0, 0.1) is 0 Å². The Morgan fingerprint density at radius 3 is 2.39 bits per heavy atom. The van der Waals surface area contributed by atoms with Gasteiger partial charge in [-0.15, -0.1) is 0 Å². The van der Waals surface area contributed by atoms with Crippen LogP contribution in [0.15, 0.2) is 63.5 Å². The summed E-state index contributed by atoms with van der Waals surface area (Å²) in [4.78, 5) is 34.4. The minimum atomic E-state index is -0.765. The first-order chi connectivity index (χ1) is 18.4. The SMILES string of the molecule is CCOC(=O)C1=C(C)N=c2s/c(=C\c3ccc(N(CC)CC)cc3)c(=O)n2[C@H]1c1ccc(OC)cc1OC. The molecular weight excluding hydrogens is 502 g/mol. The van der Waals surface area contributed by atoms with Crippen molar-refractivity contribution in [1.29, 1.82) is 0 Å². The minimum Gasteiger partial charge on any atom is -0.497 e. The van der Waals surface area contributed by atoms with Gasteiger partial charge in [0.2, 0.25) is 0 Å². The first-order valence-corrected chi connectivity index (χ1v) is 13.4. The number of nitrogens with zero attached hydrogens (tertiary/aromatic N) is 3. The summed E-state index contributed by atoms with van der Waals surface area (Å²) >= 11 is 1.29. The molecule has 8 nitrogen and oxygen atoms in total. The Morgan fingerprint density at radius 1 is 1.08 bits per heavy atom. The van der Waals surface area contributed by atoms with E-state index in [1.807, 2.05) is 24.3 Å². The van der Waals surface area contributed by atoms with E-state index >= 15 is 0 Å². The quantitative estimate of drug-likeness (QED) is 0.389. The molecule has 2 aromatic carbocycles. The number of benzene rings is 2. The summed E-state index contributed by atoms with van der Waals surface area (Å²) in [5.41, 5.74) is 3.25. The molecule has 3 aromatic rings. The van der Waals surface area contributed by atoms with Crippen molar-refractivity contribution in [2.45, 2.75) is 33.7 Å². The average molecular weight is 536 g/mol. The highest BCUT2D eigenvalue weighted by atomic mass is 32.1. The van der Waals surface area contributed by atoms with E-state index in [1.165, 1.54) is 11.3 Å². The molecule has 0 saturated carbocycles. The lowest BCUT2D eigenvalue weighted by atomic mass is 9.95. The van der Waals surface area contributed by atoms with Gasteiger partial charge < -0.3 is 19.1 Å².